The van der Waals surface area contributed by atoms with Crippen molar-refractivity contribution in [2.45, 2.75) is 19.8 Å². The Morgan fingerprint density at radius 2 is 2.31 bits per heavy atom. The van der Waals surface area contributed by atoms with Gasteiger partial charge in [0.25, 0.3) is 0 Å². The molecule has 0 heterocycles. The summed E-state index contributed by atoms with van der Waals surface area (Å²) in [6.07, 6.45) is 1.01. The van der Waals surface area contributed by atoms with Gasteiger partial charge in [0.1, 0.15) is 11.3 Å². The fraction of sp³-hybridized carbons (Fsp3) is 0.333. The second kappa shape index (κ2) is 5.76. The summed E-state index contributed by atoms with van der Waals surface area (Å²) < 4.78 is 5.35. The highest BCUT2D eigenvalue weighted by molar-refractivity contribution is 5.90. The molecule has 1 aromatic carbocycles. The van der Waals surface area contributed by atoms with E-state index < -0.39 is 5.97 Å². The van der Waals surface area contributed by atoms with Gasteiger partial charge in [0, 0.05) is 6.42 Å². The summed E-state index contributed by atoms with van der Waals surface area (Å²) in [5.74, 6) is -0.638. The molecule has 4 nitrogen and oxygen atoms in total. The molecule has 0 fully saturated rings. The van der Waals surface area contributed by atoms with Gasteiger partial charge in [-0.3, -0.25) is 0 Å². The first kappa shape index (κ1) is 12.1. The van der Waals surface area contributed by atoms with Crippen molar-refractivity contribution >= 4 is 5.97 Å². The van der Waals surface area contributed by atoms with Crippen LogP contribution in [0.15, 0.2) is 18.2 Å². The smallest absolute Gasteiger partial charge is 0.339 e. The number of benzene rings is 1. The Hall–Kier alpha value is -2.02. The molecule has 0 amide bonds. The monoisotopic (exact) mass is 219 g/mol. The molecule has 0 aromatic heterocycles. The summed E-state index contributed by atoms with van der Waals surface area (Å²) in [5, 5.41) is 17.3. The lowest BCUT2D eigenvalue weighted by Gasteiger charge is -2.08. The average Bonchev–Trinajstić information content (AvgIpc) is 2.24. The second-order valence-electron chi connectivity index (χ2n) is 3.41. The van der Waals surface area contributed by atoms with E-state index in [0.29, 0.717) is 25.2 Å². The highest BCUT2D eigenvalue weighted by Gasteiger charge is 2.10. The van der Waals surface area contributed by atoms with E-state index in [4.69, 9.17) is 15.1 Å². The molecular formula is C12H13NO3. The van der Waals surface area contributed by atoms with Crippen molar-refractivity contribution in [1.29, 1.82) is 5.26 Å². The number of nitrogens with zero attached hydrogens (tertiary/aromatic N) is 1. The molecule has 0 saturated heterocycles. The Morgan fingerprint density at radius 3 is 2.94 bits per heavy atom. The molecule has 1 aromatic rings. The van der Waals surface area contributed by atoms with Gasteiger partial charge in [-0.15, -0.1) is 0 Å². The third-order valence-corrected chi connectivity index (χ3v) is 2.06. The molecule has 0 aliphatic heterocycles. The maximum absolute atomic E-state index is 10.9. The van der Waals surface area contributed by atoms with Gasteiger partial charge in [-0.2, -0.15) is 5.26 Å². The van der Waals surface area contributed by atoms with Crippen molar-refractivity contribution in [2.75, 3.05) is 6.61 Å². The number of carboxylic acids is 1. The van der Waals surface area contributed by atoms with Gasteiger partial charge in [0.05, 0.1) is 12.7 Å². The Morgan fingerprint density at radius 1 is 1.56 bits per heavy atom. The van der Waals surface area contributed by atoms with Crippen LogP contribution in [0.5, 0.6) is 5.75 Å². The lowest BCUT2D eigenvalue weighted by molar-refractivity contribution is 0.0692. The number of hydrogen-bond acceptors (Lipinski definition) is 3. The van der Waals surface area contributed by atoms with Crippen LogP contribution in [0.1, 0.15) is 28.8 Å². The van der Waals surface area contributed by atoms with E-state index in [1.54, 1.807) is 12.1 Å². The first-order chi connectivity index (χ1) is 7.65. The molecule has 0 spiro atoms. The highest BCUT2D eigenvalue weighted by atomic mass is 16.5. The van der Waals surface area contributed by atoms with E-state index in [9.17, 15) is 4.79 Å². The lowest BCUT2D eigenvalue weighted by Crippen LogP contribution is -2.04. The first-order valence-electron chi connectivity index (χ1n) is 4.99. The average molecular weight is 219 g/mol. The maximum atomic E-state index is 10.9. The Balaban J connectivity index is 2.73. The summed E-state index contributed by atoms with van der Waals surface area (Å²) in [7, 11) is 0. The summed E-state index contributed by atoms with van der Waals surface area (Å²) in [4.78, 5) is 10.9. The van der Waals surface area contributed by atoms with Crippen molar-refractivity contribution in [1.82, 2.24) is 0 Å². The number of aryl methyl sites for hydroxylation is 1. The minimum atomic E-state index is -1.00. The molecule has 0 radical (unpaired) electrons. The quantitative estimate of drug-likeness (QED) is 0.772. The molecule has 0 aliphatic carbocycles. The number of carbonyl (C=O) groups is 1. The van der Waals surface area contributed by atoms with Crippen molar-refractivity contribution < 1.29 is 14.6 Å². The zero-order valence-corrected chi connectivity index (χ0v) is 9.06. The summed E-state index contributed by atoms with van der Waals surface area (Å²) in [5.41, 5.74) is 1.10. The lowest BCUT2D eigenvalue weighted by atomic mass is 10.1. The molecule has 0 bridgehead atoms. The Bertz CT molecular complexity index is 421. The van der Waals surface area contributed by atoms with Crippen molar-refractivity contribution in [3.8, 4) is 11.8 Å². The fourth-order valence-corrected chi connectivity index (χ4v) is 1.26. The largest absolute Gasteiger partial charge is 0.493 e. The number of aromatic carboxylic acids is 1. The van der Waals surface area contributed by atoms with E-state index in [-0.39, 0.29) is 5.56 Å². The zero-order chi connectivity index (χ0) is 12.0. The van der Waals surface area contributed by atoms with Crippen LogP contribution in [-0.4, -0.2) is 17.7 Å². The number of carboxylic acid groups (broad SMARTS) is 1. The SMILES string of the molecule is Cc1ccc(C(=O)O)c(OCCCC#N)c1. The van der Waals surface area contributed by atoms with Crippen molar-refractivity contribution in [3.05, 3.63) is 29.3 Å². The molecule has 4 heteroatoms. The Kier molecular flexibility index (Phi) is 4.34. The van der Waals surface area contributed by atoms with Gasteiger partial charge < -0.3 is 9.84 Å². The molecule has 0 atom stereocenters. The first-order valence-corrected chi connectivity index (χ1v) is 4.99. The molecule has 0 unspecified atom stereocenters. The van der Waals surface area contributed by atoms with Gasteiger partial charge in [-0.05, 0) is 31.0 Å². The van der Waals surface area contributed by atoms with Gasteiger partial charge in [0.15, 0.2) is 0 Å². The van der Waals surface area contributed by atoms with Crippen LogP contribution in [0.3, 0.4) is 0 Å². The van der Waals surface area contributed by atoms with Crippen molar-refractivity contribution in [3.63, 3.8) is 0 Å². The van der Waals surface area contributed by atoms with Gasteiger partial charge >= 0.3 is 5.97 Å². The van der Waals surface area contributed by atoms with Crippen LogP contribution < -0.4 is 4.74 Å². The van der Waals surface area contributed by atoms with Crippen LogP contribution in [0.2, 0.25) is 0 Å². The van der Waals surface area contributed by atoms with E-state index >= 15 is 0 Å². The number of rotatable bonds is 5. The molecule has 0 saturated carbocycles. The number of hydrogen-bond donors (Lipinski definition) is 1. The van der Waals surface area contributed by atoms with Gasteiger partial charge in [-0.1, -0.05) is 6.07 Å². The Labute approximate surface area is 94.1 Å². The fourth-order valence-electron chi connectivity index (χ4n) is 1.26. The zero-order valence-electron chi connectivity index (χ0n) is 9.06. The van der Waals surface area contributed by atoms with Crippen LogP contribution in [0, 0.1) is 18.3 Å². The van der Waals surface area contributed by atoms with E-state index in [0.717, 1.165) is 5.56 Å². The number of ether oxygens (including phenoxy) is 1. The minimum absolute atomic E-state index is 0.155. The van der Waals surface area contributed by atoms with E-state index in [1.165, 1.54) is 6.07 Å². The summed E-state index contributed by atoms with van der Waals surface area (Å²) in [6.45, 7) is 2.23. The topological polar surface area (TPSA) is 70.3 Å². The molecule has 16 heavy (non-hydrogen) atoms. The van der Waals surface area contributed by atoms with Crippen LogP contribution in [0.25, 0.3) is 0 Å². The van der Waals surface area contributed by atoms with Gasteiger partial charge in [0.2, 0.25) is 0 Å². The molecule has 84 valence electrons. The van der Waals surface area contributed by atoms with E-state index in [1.807, 2.05) is 13.0 Å². The standard InChI is InChI=1S/C12H13NO3/c1-9-4-5-10(12(14)15)11(8-9)16-7-3-2-6-13/h4-5,8H,2-3,7H2,1H3,(H,14,15). The molecule has 1 rings (SSSR count). The molecule has 0 aliphatic rings. The number of nitriles is 1. The predicted octanol–water partition coefficient (Wildman–Crippen LogP) is 2.38. The highest BCUT2D eigenvalue weighted by Crippen LogP contribution is 2.20. The van der Waals surface area contributed by atoms with Crippen LogP contribution in [-0.2, 0) is 0 Å². The predicted molar refractivity (Wildman–Crippen MR) is 58.5 cm³/mol. The van der Waals surface area contributed by atoms with E-state index in [2.05, 4.69) is 0 Å². The maximum Gasteiger partial charge on any atom is 0.339 e. The number of unbranched alkanes of at least 4 members (excludes halogenated alkanes) is 1. The summed E-state index contributed by atoms with van der Waals surface area (Å²) >= 11 is 0. The molecular weight excluding hydrogens is 206 g/mol. The third-order valence-electron chi connectivity index (χ3n) is 2.06. The van der Waals surface area contributed by atoms with Gasteiger partial charge in [-0.25, -0.2) is 4.79 Å². The second-order valence-corrected chi connectivity index (χ2v) is 3.41. The minimum Gasteiger partial charge on any atom is -0.493 e. The third kappa shape index (κ3) is 3.28. The molecule has 1 N–H and O–H groups in total. The normalized spacial score (nSPS) is 9.50. The van der Waals surface area contributed by atoms with Crippen molar-refractivity contribution in [2.24, 2.45) is 0 Å². The summed E-state index contributed by atoms with van der Waals surface area (Å²) in [6, 6.07) is 6.95. The van der Waals surface area contributed by atoms with Crippen LogP contribution >= 0.6 is 0 Å². The van der Waals surface area contributed by atoms with Crippen LogP contribution in [0.4, 0.5) is 0 Å².